The van der Waals surface area contributed by atoms with E-state index in [0.717, 1.165) is 6.07 Å². The molecular weight excluding hydrogens is 265 g/mol. The van der Waals surface area contributed by atoms with E-state index in [9.17, 15) is 18.0 Å². The van der Waals surface area contributed by atoms with Crippen molar-refractivity contribution in [1.29, 1.82) is 0 Å². The number of hydrogen-bond donors (Lipinski definition) is 1. The summed E-state index contributed by atoms with van der Waals surface area (Å²) in [5, 5.41) is 8.41. The predicted octanol–water partition coefficient (Wildman–Crippen LogP) is 2.36. The minimum atomic E-state index is -4.78. The van der Waals surface area contributed by atoms with Crippen molar-refractivity contribution in [2.75, 3.05) is 7.11 Å². The van der Waals surface area contributed by atoms with Gasteiger partial charge in [-0.3, -0.25) is 0 Å². The monoisotopic (exact) mass is 272 g/mol. The Morgan fingerprint density at radius 3 is 2.53 bits per heavy atom. The molecule has 2 rings (SSSR count). The molecule has 0 fully saturated rings. The number of methoxy groups -OCH3 is 1. The lowest BCUT2D eigenvalue weighted by molar-refractivity contribution is -0.139. The Kier molecular flexibility index (Phi) is 3.01. The van der Waals surface area contributed by atoms with E-state index in [-0.39, 0.29) is 16.7 Å². The van der Waals surface area contributed by atoms with Gasteiger partial charge >= 0.3 is 12.1 Å². The van der Waals surface area contributed by atoms with Crippen LogP contribution >= 0.6 is 0 Å². The van der Waals surface area contributed by atoms with Crippen molar-refractivity contribution in [3.05, 3.63) is 29.7 Å². The molecule has 0 bridgehead atoms. The van der Waals surface area contributed by atoms with E-state index in [0.29, 0.717) is 0 Å². The summed E-state index contributed by atoms with van der Waals surface area (Å²) in [6.45, 7) is 0. The second kappa shape index (κ2) is 4.38. The number of halogens is 3. The Hall–Kier alpha value is -2.38. The van der Waals surface area contributed by atoms with Gasteiger partial charge in [0.1, 0.15) is 5.75 Å². The van der Waals surface area contributed by atoms with Crippen LogP contribution in [-0.4, -0.2) is 28.2 Å². The van der Waals surface area contributed by atoms with Crippen LogP contribution in [0.4, 0.5) is 13.2 Å². The fourth-order valence-corrected chi connectivity index (χ4v) is 1.55. The number of aromatic nitrogens is 2. The van der Waals surface area contributed by atoms with Gasteiger partial charge in [0.2, 0.25) is 5.82 Å². The predicted molar refractivity (Wildman–Crippen MR) is 58.1 cm³/mol. The van der Waals surface area contributed by atoms with Gasteiger partial charge < -0.3 is 9.84 Å². The number of rotatable bonds is 2. The lowest BCUT2D eigenvalue weighted by atomic mass is 10.1. The van der Waals surface area contributed by atoms with Crippen LogP contribution in [0, 0.1) is 0 Å². The molecule has 0 saturated carbocycles. The molecule has 100 valence electrons. The molecule has 2 aromatic rings. The third-order valence-corrected chi connectivity index (χ3v) is 2.36. The summed E-state index contributed by atoms with van der Waals surface area (Å²) >= 11 is 0. The minimum absolute atomic E-state index is 0.111. The van der Waals surface area contributed by atoms with Gasteiger partial charge in [0.25, 0.3) is 0 Å². The smallest absolute Gasteiger partial charge is 0.434 e. The molecular formula is C11H7F3N2O3. The highest BCUT2D eigenvalue weighted by molar-refractivity contribution is 5.89. The van der Waals surface area contributed by atoms with Crippen LogP contribution in [0.2, 0.25) is 0 Å². The number of carboxylic acids is 1. The van der Waals surface area contributed by atoms with E-state index in [1.54, 1.807) is 0 Å². The first kappa shape index (κ1) is 13.1. The van der Waals surface area contributed by atoms with E-state index in [1.807, 2.05) is 0 Å². The number of alkyl halides is 3. The third kappa shape index (κ3) is 2.42. The molecule has 0 spiro atoms. The highest BCUT2D eigenvalue weighted by atomic mass is 19.4. The van der Waals surface area contributed by atoms with Gasteiger partial charge in [0, 0.05) is 5.39 Å². The Balaban J connectivity index is 2.82. The largest absolute Gasteiger partial charge is 0.497 e. The van der Waals surface area contributed by atoms with Crippen LogP contribution in [0.15, 0.2) is 18.2 Å². The standard InChI is InChI=1S/C11H7F3N2O3/c1-19-5-2-3-7-6(4-5)8(11(12,13)14)16-9(15-7)10(17)18/h2-4H,1H3,(H,17,18). The van der Waals surface area contributed by atoms with Crippen molar-refractivity contribution in [1.82, 2.24) is 9.97 Å². The summed E-state index contributed by atoms with van der Waals surface area (Å²) in [5.74, 6) is -2.32. The van der Waals surface area contributed by atoms with E-state index in [1.165, 1.54) is 19.2 Å². The van der Waals surface area contributed by atoms with Gasteiger partial charge in [-0.1, -0.05) is 0 Å². The number of ether oxygens (including phenoxy) is 1. The van der Waals surface area contributed by atoms with E-state index in [2.05, 4.69) is 9.97 Å². The number of nitrogens with zero attached hydrogens (tertiary/aromatic N) is 2. The second-order valence-corrected chi connectivity index (χ2v) is 3.58. The van der Waals surface area contributed by atoms with Crippen molar-refractivity contribution in [2.24, 2.45) is 0 Å². The van der Waals surface area contributed by atoms with Gasteiger partial charge in [-0.15, -0.1) is 0 Å². The highest BCUT2D eigenvalue weighted by Crippen LogP contribution is 2.34. The van der Waals surface area contributed by atoms with Crippen LogP contribution in [0.5, 0.6) is 5.75 Å². The first-order chi connectivity index (χ1) is 8.82. The molecule has 0 unspecified atom stereocenters. The minimum Gasteiger partial charge on any atom is -0.497 e. The van der Waals surface area contributed by atoms with Gasteiger partial charge in [-0.05, 0) is 18.2 Å². The number of carboxylic acid groups (broad SMARTS) is 1. The highest BCUT2D eigenvalue weighted by Gasteiger charge is 2.36. The van der Waals surface area contributed by atoms with Gasteiger partial charge in [-0.25, -0.2) is 14.8 Å². The maximum atomic E-state index is 12.9. The van der Waals surface area contributed by atoms with Crippen molar-refractivity contribution in [3.63, 3.8) is 0 Å². The molecule has 1 N–H and O–H groups in total. The lowest BCUT2D eigenvalue weighted by Gasteiger charge is -2.10. The number of hydrogen-bond acceptors (Lipinski definition) is 4. The molecule has 0 aliphatic carbocycles. The average molecular weight is 272 g/mol. The van der Waals surface area contributed by atoms with E-state index < -0.39 is 23.7 Å². The molecule has 8 heteroatoms. The molecule has 0 saturated heterocycles. The zero-order valence-electron chi connectivity index (χ0n) is 9.52. The molecule has 0 aliphatic rings. The molecule has 1 aromatic carbocycles. The number of fused-ring (bicyclic) bond motifs is 1. The summed E-state index contributed by atoms with van der Waals surface area (Å²) < 4.78 is 43.4. The number of benzene rings is 1. The van der Waals surface area contributed by atoms with Gasteiger partial charge in [0.05, 0.1) is 12.6 Å². The van der Waals surface area contributed by atoms with E-state index in [4.69, 9.17) is 9.84 Å². The van der Waals surface area contributed by atoms with Crippen molar-refractivity contribution in [3.8, 4) is 5.75 Å². The first-order valence-electron chi connectivity index (χ1n) is 4.99. The molecule has 0 aliphatic heterocycles. The summed E-state index contributed by atoms with van der Waals surface area (Å²) in [7, 11) is 1.31. The molecule has 0 atom stereocenters. The quantitative estimate of drug-likeness (QED) is 0.908. The van der Waals surface area contributed by atoms with Gasteiger partial charge in [0.15, 0.2) is 5.69 Å². The topological polar surface area (TPSA) is 72.3 Å². The Bertz CT molecular complexity index is 655. The average Bonchev–Trinajstić information content (AvgIpc) is 2.35. The first-order valence-corrected chi connectivity index (χ1v) is 4.99. The maximum absolute atomic E-state index is 12.9. The van der Waals surface area contributed by atoms with Crippen molar-refractivity contribution in [2.45, 2.75) is 6.18 Å². The van der Waals surface area contributed by atoms with Gasteiger partial charge in [-0.2, -0.15) is 13.2 Å². The molecule has 19 heavy (non-hydrogen) atoms. The SMILES string of the molecule is COc1ccc2nc(C(=O)O)nc(C(F)(F)F)c2c1. The van der Waals surface area contributed by atoms with E-state index >= 15 is 0 Å². The Morgan fingerprint density at radius 1 is 1.32 bits per heavy atom. The molecule has 0 amide bonds. The molecule has 0 radical (unpaired) electrons. The summed E-state index contributed by atoms with van der Waals surface area (Å²) in [5.41, 5.74) is -1.41. The number of aromatic carboxylic acids is 1. The molecule has 5 nitrogen and oxygen atoms in total. The van der Waals surface area contributed by atoms with Crippen LogP contribution in [0.25, 0.3) is 10.9 Å². The van der Waals surface area contributed by atoms with Crippen LogP contribution < -0.4 is 4.74 Å². The van der Waals surface area contributed by atoms with Crippen LogP contribution in [0.3, 0.4) is 0 Å². The zero-order valence-corrected chi connectivity index (χ0v) is 9.52. The Morgan fingerprint density at radius 2 is 2.00 bits per heavy atom. The molecule has 1 aromatic heterocycles. The maximum Gasteiger partial charge on any atom is 0.434 e. The lowest BCUT2D eigenvalue weighted by Crippen LogP contribution is -2.14. The van der Waals surface area contributed by atoms with Crippen molar-refractivity contribution < 1.29 is 27.8 Å². The summed E-state index contributed by atoms with van der Waals surface area (Å²) in [4.78, 5) is 17.3. The summed E-state index contributed by atoms with van der Waals surface area (Å²) in [6.07, 6.45) is -4.78. The Labute approximate surface area is 104 Å². The summed E-state index contributed by atoms with van der Waals surface area (Å²) in [6, 6.07) is 3.75. The third-order valence-electron chi connectivity index (χ3n) is 2.36. The number of carbonyl (C=O) groups is 1. The fraction of sp³-hybridized carbons (Fsp3) is 0.182. The normalized spacial score (nSPS) is 11.6. The zero-order chi connectivity index (χ0) is 14.2. The second-order valence-electron chi connectivity index (χ2n) is 3.58. The molecule has 1 heterocycles. The van der Waals surface area contributed by atoms with Crippen LogP contribution in [-0.2, 0) is 6.18 Å². The van der Waals surface area contributed by atoms with Crippen LogP contribution in [0.1, 0.15) is 16.3 Å². The van der Waals surface area contributed by atoms with Crippen molar-refractivity contribution >= 4 is 16.9 Å². The fourth-order valence-electron chi connectivity index (χ4n) is 1.55.